The number of rotatable bonds is 5. The van der Waals surface area contributed by atoms with E-state index in [1.165, 1.54) is 6.07 Å². The molecule has 0 aliphatic rings. The number of aromatic carboxylic acids is 1. The lowest BCUT2D eigenvalue weighted by Gasteiger charge is -2.27. The standard InChI is InChI=1S/C16H25NO3/c1-9(2)13(10(3)4)8-17-12(6)15(16(19)20)11(5)7-14(17)18/h7,9-10,13H,8H2,1-6H3,(H,19,20). The second-order valence-electron chi connectivity index (χ2n) is 6.19. The lowest BCUT2D eigenvalue weighted by Crippen LogP contribution is -2.31. The highest BCUT2D eigenvalue weighted by atomic mass is 16.4. The average molecular weight is 279 g/mol. The van der Waals surface area contributed by atoms with Gasteiger partial charge >= 0.3 is 5.97 Å². The van der Waals surface area contributed by atoms with Gasteiger partial charge in [-0.05, 0) is 37.2 Å². The van der Waals surface area contributed by atoms with Gasteiger partial charge in [0.1, 0.15) is 0 Å². The van der Waals surface area contributed by atoms with Crippen LogP contribution in [0.1, 0.15) is 49.3 Å². The molecule has 1 N–H and O–H groups in total. The molecule has 1 heterocycles. The largest absolute Gasteiger partial charge is 0.478 e. The Balaban J connectivity index is 3.35. The molecule has 0 aliphatic carbocycles. The predicted octanol–water partition coefficient (Wildman–Crippen LogP) is 3.09. The molecular formula is C16H25NO3. The smallest absolute Gasteiger partial charge is 0.337 e. The number of hydrogen-bond donors (Lipinski definition) is 1. The maximum Gasteiger partial charge on any atom is 0.337 e. The van der Waals surface area contributed by atoms with Crippen LogP contribution in [-0.2, 0) is 6.54 Å². The lowest BCUT2D eigenvalue weighted by atomic mass is 9.85. The number of pyridine rings is 1. The van der Waals surface area contributed by atoms with Crippen molar-refractivity contribution >= 4 is 5.97 Å². The van der Waals surface area contributed by atoms with Crippen molar-refractivity contribution in [3.8, 4) is 0 Å². The normalized spacial score (nSPS) is 11.7. The van der Waals surface area contributed by atoms with Crippen LogP contribution in [0.15, 0.2) is 10.9 Å². The summed E-state index contributed by atoms with van der Waals surface area (Å²) in [6, 6.07) is 1.42. The van der Waals surface area contributed by atoms with Crippen LogP contribution in [0.5, 0.6) is 0 Å². The van der Waals surface area contributed by atoms with Gasteiger partial charge in [0.2, 0.25) is 0 Å². The van der Waals surface area contributed by atoms with E-state index in [1.54, 1.807) is 18.4 Å². The Morgan fingerprint density at radius 1 is 1.20 bits per heavy atom. The summed E-state index contributed by atoms with van der Waals surface area (Å²) in [7, 11) is 0. The molecule has 20 heavy (non-hydrogen) atoms. The van der Waals surface area contributed by atoms with Gasteiger partial charge in [0, 0.05) is 18.3 Å². The first-order chi connectivity index (χ1) is 9.16. The molecule has 0 atom stereocenters. The van der Waals surface area contributed by atoms with Crippen molar-refractivity contribution in [2.75, 3.05) is 0 Å². The summed E-state index contributed by atoms with van der Waals surface area (Å²) < 4.78 is 1.61. The second-order valence-corrected chi connectivity index (χ2v) is 6.19. The van der Waals surface area contributed by atoms with Crippen LogP contribution in [0.4, 0.5) is 0 Å². The molecule has 4 nitrogen and oxygen atoms in total. The van der Waals surface area contributed by atoms with Crippen LogP contribution < -0.4 is 5.56 Å². The first-order valence-corrected chi connectivity index (χ1v) is 7.11. The van der Waals surface area contributed by atoms with Crippen molar-refractivity contribution in [2.24, 2.45) is 17.8 Å². The Bertz CT molecular complexity index is 548. The Morgan fingerprint density at radius 2 is 1.70 bits per heavy atom. The average Bonchev–Trinajstić information content (AvgIpc) is 2.26. The minimum Gasteiger partial charge on any atom is -0.478 e. The molecule has 0 aromatic carbocycles. The van der Waals surface area contributed by atoms with E-state index in [1.807, 2.05) is 0 Å². The third kappa shape index (κ3) is 3.30. The molecule has 0 aliphatic heterocycles. The van der Waals surface area contributed by atoms with Gasteiger partial charge in [0.15, 0.2) is 0 Å². The molecule has 0 bridgehead atoms. The summed E-state index contributed by atoms with van der Waals surface area (Å²) in [6.45, 7) is 12.5. The summed E-state index contributed by atoms with van der Waals surface area (Å²) in [4.78, 5) is 23.5. The molecule has 0 fully saturated rings. The number of carbonyl (C=O) groups is 1. The first kappa shape index (κ1) is 16.5. The Hall–Kier alpha value is -1.58. The molecule has 0 unspecified atom stereocenters. The van der Waals surface area contributed by atoms with E-state index in [0.717, 1.165) is 0 Å². The highest BCUT2D eigenvalue weighted by molar-refractivity contribution is 5.90. The van der Waals surface area contributed by atoms with Crippen molar-refractivity contribution in [1.82, 2.24) is 4.57 Å². The van der Waals surface area contributed by atoms with Crippen LogP contribution in [0, 0.1) is 31.6 Å². The molecule has 0 saturated carbocycles. The summed E-state index contributed by atoms with van der Waals surface area (Å²) in [5.74, 6) is 0.252. The van der Waals surface area contributed by atoms with Gasteiger partial charge in [-0.3, -0.25) is 4.79 Å². The number of carboxylic acids is 1. The van der Waals surface area contributed by atoms with E-state index >= 15 is 0 Å². The summed E-state index contributed by atoms with van der Waals surface area (Å²) in [5.41, 5.74) is 1.21. The molecule has 0 radical (unpaired) electrons. The molecule has 0 spiro atoms. The SMILES string of the molecule is Cc1cc(=O)n(CC(C(C)C)C(C)C)c(C)c1C(=O)O. The van der Waals surface area contributed by atoms with Gasteiger partial charge in [-0.15, -0.1) is 0 Å². The zero-order chi connectivity index (χ0) is 15.6. The number of aromatic nitrogens is 1. The van der Waals surface area contributed by atoms with Gasteiger partial charge in [0.25, 0.3) is 5.56 Å². The van der Waals surface area contributed by atoms with Crippen molar-refractivity contribution < 1.29 is 9.90 Å². The fraction of sp³-hybridized carbons (Fsp3) is 0.625. The third-order valence-electron chi connectivity index (χ3n) is 4.09. The van der Waals surface area contributed by atoms with Crippen LogP contribution in [0.2, 0.25) is 0 Å². The zero-order valence-electron chi connectivity index (χ0n) is 13.2. The first-order valence-electron chi connectivity index (χ1n) is 7.11. The molecular weight excluding hydrogens is 254 g/mol. The van der Waals surface area contributed by atoms with E-state index in [0.29, 0.717) is 35.6 Å². The van der Waals surface area contributed by atoms with Crippen molar-refractivity contribution in [3.05, 3.63) is 33.2 Å². The Morgan fingerprint density at radius 3 is 2.10 bits per heavy atom. The van der Waals surface area contributed by atoms with E-state index in [2.05, 4.69) is 27.7 Å². The highest BCUT2D eigenvalue weighted by Gasteiger charge is 2.22. The lowest BCUT2D eigenvalue weighted by molar-refractivity contribution is 0.0693. The van der Waals surface area contributed by atoms with Crippen LogP contribution in [0.3, 0.4) is 0 Å². The number of carboxylic acid groups (broad SMARTS) is 1. The highest BCUT2D eigenvalue weighted by Crippen LogP contribution is 2.23. The Kier molecular flexibility index (Phi) is 5.15. The van der Waals surface area contributed by atoms with E-state index < -0.39 is 5.97 Å². The topological polar surface area (TPSA) is 59.3 Å². The summed E-state index contributed by atoms with van der Waals surface area (Å²) in [5, 5.41) is 9.30. The summed E-state index contributed by atoms with van der Waals surface area (Å²) >= 11 is 0. The monoisotopic (exact) mass is 279 g/mol. The second kappa shape index (κ2) is 6.25. The fourth-order valence-corrected chi connectivity index (χ4v) is 2.87. The summed E-state index contributed by atoms with van der Waals surface area (Å²) in [6.07, 6.45) is 0. The molecule has 1 aromatic heterocycles. The van der Waals surface area contributed by atoms with Crippen LogP contribution in [0.25, 0.3) is 0 Å². The minimum atomic E-state index is -0.973. The van der Waals surface area contributed by atoms with Crippen molar-refractivity contribution in [3.63, 3.8) is 0 Å². The maximum absolute atomic E-state index is 12.2. The maximum atomic E-state index is 12.2. The molecule has 0 saturated heterocycles. The van der Waals surface area contributed by atoms with Gasteiger partial charge in [0.05, 0.1) is 5.56 Å². The molecule has 1 aromatic rings. The predicted molar refractivity (Wildman–Crippen MR) is 80.3 cm³/mol. The quantitative estimate of drug-likeness (QED) is 0.901. The zero-order valence-corrected chi connectivity index (χ0v) is 13.2. The van der Waals surface area contributed by atoms with Crippen LogP contribution in [-0.4, -0.2) is 15.6 Å². The minimum absolute atomic E-state index is 0.115. The van der Waals surface area contributed by atoms with Crippen molar-refractivity contribution in [1.29, 1.82) is 0 Å². The molecule has 112 valence electrons. The van der Waals surface area contributed by atoms with Crippen molar-refractivity contribution in [2.45, 2.75) is 48.1 Å². The number of nitrogens with zero attached hydrogens (tertiary/aromatic N) is 1. The van der Waals surface area contributed by atoms with E-state index in [-0.39, 0.29) is 11.1 Å². The van der Waals surface area contributed by atoms with Crippen LogP contribution >= 0.6 is 0 Å². The van der Waals surface area contributed by atoms with E-state index in [4.69, 9.17) is 0 Å². The molecule has 0 amide bonds. The fourth-order valence-electron chi connectivity index (χ4n) is 2.87. The van der Waals surface area contributed by atoms with E-state index in [9.17, 15) is 14.7 Å². The number of hydrogen-bond acceptors (Lipinski definition) is 2. The number of aryl methyl sites for hydroxylation is 1. The van der Waals surface area contributed by atoms with Gasteiger partial charge in [-0.1, -0.05) is 27.7 Å². The Labute approximate surface area is 120 Å². The van der Waals surface area contributed by atoms with Gasteiger partial charge < -0.3 is 9.67 Å². The molecule has 4 heteroatoms. The molecule has 1 rings (SSSR count). The van der Waals surface area contributed by atoms with Gasteiger partial charge in [-0.25, -0.2) is 4.79 Å². The third-order valence-corrected chi connectivity index (χ3v) is 4.09. The van der Waals surface area contributed by atoms with Gasteiger partial charge in [-0.2, -0.15) is 0 Å².